The Labute approximate surface area is 131 Å². The van der Waals surface area contributed by atoms with Crippen molar-refractivity contribution in [3.05, 3.63) is 29.3 Å². The first-order chi connectivity index (χ1) is 10.5. The monoisotopic (exact) mass is 305 g/mol. The lowest BCUT2D eigenvalue weighted by Crippen LogP contribution is -2.37. The van der Waals surface area contributed by atoms with E-state index in [4.69, 9.17) is 9.47 Å². The minimum atomic E-state index is -0.546. The van der Waals surface area contributed by atoms with E-state index in [0.29, 0.717) is 11.7 Å². The van der Waals surface area contributed by atoms with E-state index in [-0.39, 0.29) is 25.2 Å². The van der Waals surface area contributed by atoms with Crippen LogP contribution < -0.4 is 10.1 Å². The van der Waals surface area contributed by atoms with E-state index in [2.05, 4.69) is 5.32 Å². The Kier molecular flexibility index (Phi) is 5.41. The molecule has 1 atom stereocenters. The number of hydrogen-bond donors (Lipinski definition) is 1. The zero-order chi connectivity index (χ0) is 16.1. The molecule has 0 aromatic heterocycles. The smallest absolute Gasteiger partial charge is 0.344 e. The number of esters is 1. The third-order valence-corrected chi connectivity index (χ3v) is 3.98. The van der Waals surface area contributed by atoms with E-state index in [1.165, 1.54) is 0 Å². The van der Waals surface area contributed by atoms with Crippen molar-refractivity contribution in [2.24, 2.45) is 5.92 Å². The molecule has 120 valence electrons. The summed E-state index contributed by atoms with van der Waals surface area (Å²) in [6.45, 7) is 5.43. The van der Waals surface area contributed by atoms with Crippen molar-refractivity contribution in [3.63, 3.8) is 0 Å². The predicted molar refractivity (Wildman–Crippen MR) is 82.7 cm³/mol. The molecule has 0 unspecified atom stereocenters. The predicted octanol–water partition coefficient (Wildman–Crippen LogP) is 2.14. The highest BCUT2D eigenvalue weighted by molar-refractivity contribution is 5.81. The first kappa shape index (κ1) is 16.3. The van der Waals surface area contributed by atoms with Gasteiger partial charge >= 0.3 is 5.97 Å². The topological polar surface area (TPSA) is 64.6 Å². The second kappa shape index (κ2) is 7.29. The zero-order valence-corrected chi connectivity index (χ0v) is 13.3. The maximum atomic E-state index is 11.6. The number of aryl methyl sites for hydroxylation is 1. The maximum Gasteiger partial charge on any atom is 0.344 e. The third kappa shape index (κ3) is 4.76. The van der Waals surface area contributed by atoms with Crippen molar-refractivity contribution in [1.29, 1.82) is 0 Å². The highest BCUT2D eigenvalue weighted by atomic mass is 16.6. The molecule has 0 radical (unpaired) electrons. The van der Waals surface area contributed by atoms with Crippen LogP contribution in [0.2, 0.25) is 0 Å². The second-order valence-electron chi connectivity index (χ2n) is 5.84. The molecule has 1 fully saturated rings. The SMILES string of the molecule is Cc1cccc(OCC(=O)OCC(=O)N[C@@H](C)C2CC2)c1C. The summed E-state index contributed by atoms with van der Waals surface area (Å²) in [6, 6.07) is 5.80. The Morgan fingerprint density at radius 2 is 2.00 bits per heavy atom. The fourth-order valence-electron chi connectivity index (χ4n) is 2.21. The van der Waals surface area contributed by atoms with Gasteiger partial charge in [-0.2, -0.15) is 0 Å². The van der Waals surface area contributed by atoms with E-state index < -0.39 is 5.97 Å². The Morgan fingerprint density at radius 1 is 1.27 bits per heavy atom. The van der Waals surface area contributed by atoms with Gasteiger partial charge in [0.15, 0.2) is 13.2 Å². The van der Waals surface area contributed by atoms with Crippen molar-refractivity contribution in [1.82, 2.24) is 5.32 Å². The number of benzene rings is 1. The highest BCUT2D eigenvalue weighted by Gasteiger charge is 2.28. The molecule has 0 spiro atoms. The Hall–Kier alpha value is -2.04. The largest absolute Gasteiger partial charge is 0.482 e. The zero-order valence-electron chi connectivity index (χ0n) is 13.3. The molecule has 0 saturated heterocycles. The van der Waals surface area contributed by atoms with Crippen molar-refractivity contribution in [3.8, 4) is 5.75 Å². The molecule has 2 rings (SSSR count). The molecule has 1 aromatic rings. The molecular formula is C17H23NO4. The van der Waals surface area contributed by atoms with E-state index in [1.54, 1.807) is 6.07 Å². The van der Waals surface area contributed by atoms with Crippen LogP contribution >= 0.6 is 0 Å². The van der Waals surface area contributed by atoms with Crippen LogP contribution in [0.4, 0.5) is 0 Å². The summed E-state index contributed by atoms with van der Waals surface area (Å²) < 4.78 is 10.4. The van der Waals surface area contributed by atoms with Gasteiger partial charge in [-0.1, -0.05) is 12.1 Å². The summed E-state index contributed by atoms with van der Waals surface area (Å²) in [7, 11) is 0. The number of rotatable bonds is 7. The molecule has 0 bridgehead atoms. The van der Waals surface area contributed by atoms with Crippen LogP contribution in [0.1, 0.15) is 30.9 Å². The van der Waals surface area contributed by atoms with Crippen molar-refractivity contribution in [2.75, 3.05) is 13.2 Å². The Balaban J connectivity index is 1.69. The highest BCUT2D eigenvalue weighted by Crippen LogP contribution is 2.32. The van der Waals surface area contributed by atoms with E-state index >= 15 is 0 Å². The molecule has 5 nitrogen and oxygen atoms in total. The molecule has 1 aliphatic rings. The van der Waals surface area contributed by atoms with Gasteiger partial charge in [-0.3, -0.25) is 4.79 Å². The third-order valence-electron chi connectivity index (χ3n) is 3.98. The number of carbonyl (C=O) groups is 2. The standard InChI is InChI=1S/C17H23NO4/c1-11-5-4-6-15(12(11)2)21-10-17(20)22-9-16(19)18-13(3)14-7-8-14/h4-6,13-14H,7-10H2,1-3H3,(H,18,19)/t13-/m0/s1. The molecule has 1 amide bonds. The number of hydrogen-bond acceptors (Lipinski definition) is 4. The van der Waals surface area contributed by atoms with Gasteiger partial charge in [0.05, 0.1) is 0 Å². The summed E-state index contributed by atoms with van der Waals surface area (Å²) in [6.07, 6.45) is 2.32. The van der Waals surface area contributed by atoms with Gasteiger partial charge in [0.1, 0.15) is 5.75 Å². The lowest BCUT2D eigenvalue weighted by molar-refractivity contribution is -0.150. The molecule has 1 aromatic carbocycles. The molecular weight excluding hydrogens is 282 g/mol. The quantitative estimate of drug-likeness (QED) is 0.784. The average Bonchev–Trinajstić information content (AvgIpc) is 3.31. The van der Waals surface area contributed by atoms with Gasteiger partial charge in [0, 0.05) is 6.04 Å². The van der Waals surface area contributed by atoms with E-state index in [1.807, 2.05) is 32.9 Å². The first-order valence-corrected chi connectivity index (χ1v) is 7.61. The summed E-state index contributed by atoms with van der Waals surface area (Å²) in [5, 5.41) is 2.83. The molecule has 1 N–H and O–H groups in total. The summed E-state index contributed by atoms with van der Waals surface area (Å²) in [4.78, 5) is 23.3. The Morgan fingerprint density at radius 3 is 2.68 bits per heavy atom. The summed E-state index contributed by atoms with van der Waals surface area (Å²) >= 11 is 0. The fourth-order valence-corrected chi connectivity index (χ4v) is 2.21. The molecule has 0 aliphatic heterocycles. The van der Waals surface area contributed by atoms with Crippen LogP contribution in [0.5, 0.6) is 5.75 Å². The average molecular weight is 305 g/mol. The van der Waals surface area contributed by atoms with Crippen LogP contribution in [0, 0.1) is 19.8 Å². The van der Waals surface area contributed by atoms with Gasteiger partial charge < -0.3 is 14.8 Å². The van der Waals surface area contributed by atoms with Crippen LogP contribution in [-0.2, 0) is 14.3 Å². The van der Waals surface area contributed by atoms with Crippen molar-refractivity contribution >= 4 is 11.9 Å². The van der Waals surface area contributed by atoms with Gasteiger partial charge in [-0.25, -0.2) is 4.79 Å². The van der Waals surface area contributed by atoms with Gasteiger partial charge in [0.25, 0.3) is 5.91 Å². The molecule has 5 heteroatoms. The van der Waals surface area contributed by atoms with E-state index in [9.17, 15) is 9.59 Å². The summed E-state index contributed by atoms with van der Waals surface area (Å²) in [5.41, 5.74) is 2.09. The minimum absolute atomic E-state index is 0.150. The van der Waals surface area contributed by atoms with Gasteiger partial charge in [0.2, 0.25) is 0 Å². The normalized spacial score (nSPS) is 15.0. The number of nitrogens with one attached hydrogen (secondary N) is 1. The fraction of sp³-hybridized carbons (Fsp3) is 0.529. The number of ether oxygens (including phenoxy) is 2. The minimum Gasteiger partial charge on any atom is -0.482 e. The lowest BCUT2D eigenvalue weighted by atomic mass is 10.1. The first-order valence-electron chi connectivity index (χ1n) is 7.61. The van der Waals surface area contributed by atoms with Crippen LogP contribution in [0.15, 0.2) is 18.2 Å². The lowest BCUT2D eigenvalue weighted by Gasteiger charge is -2.13. The maximum absolute atomic E-state index is 11.6. The van der Waals surface area contributed by atoms with E-state index in [0.717, 1.165) is 24.0 Å². The summed E-state index contributed by atoms with van der Waals surface area (Å²) in [5.74, 6) is 0.422. The number of amides is 1. The molecule has 1 saturated carbocycles. The van der Waals surface area contributed by atoms with Crippen molar-refractivity contribution in [2.45, 2.75) is 39.7 Å². The molecule has 1 aliphatic carbocycles. The Bertz CT molecular complexity index is 552. The van der Waals surface area contributed by atoms with Gasteiger partial charge in [-0.15, -0.1) is 0 Å². The van der Waals surface area contributed by atoms with Crippen LogP contribution in [-0.4, -0.2) is 31.1 Å². The van der Waals surface area contributed by atoms with Gasteiger partial charge in [-0.05, 0) is 56.7 Å². The van der Waals surface area contributed by atoms with Crippen LogP contribution in [0.25, 0.3) is 0 Å². The van der Waals surface area contributed by atoms with Crippen molar-refractivity contribution < 1.29 is 19.1 Å². The number of carbonyl (C=O) groups excluding carboxylic acids is 2. The molecule has 22 heavy (non-hydrogen) atoms. The molecule has 0 heterocycles. The second-order valence-corrected chi connectivity index (χ2v) is 5.84. The van der Waals surface area contributed by atoms with Crippen LogP contribution in [0.3, 0.4) is 0 Å².